The van der Waals surface area contributed by atoms with Gasteiger partial charge in [0.2, 0.25) is 0 Å². The van der Waals surface area contributed by atoms with E-state index in [4.69, 9.17) is 9.47 Å². The minimum Gasteiger partial charge on any atom is -0.493 e. The SMILES string of the molecule is CCc1ccc(NC(=O)C(=O)N/N=C\c2ccc(OCC(=O)Nc3ccccc3CC)c(OC)c2)cc1. The van der Waals surface area contributed by atoms with E-state index >= 15 is 0 Å². The molecule has 0 atom stereocenters. The largest absolute Gasteiger partial charge is 0.493 e. The molecule has 37 heavy (non-hydrogen) atoms. The molecule has 0 saturated heterocycles. The van der Waals surface area contributed by atoms with Crippen LogP contribution < -0.4 is 25.5 Å². The van der Waals surface area contributed by atoms with Crippen LogP contribution in [0.5, 0.6) is 11.5 Å². The molecular weight excluding hydrogens is 472 g/mol. The summed E-state index contributed by atoms with van der Waals surface area (Å²) in [6.45, 7) is 3.85. The van der Waals surface area contributed by atoms with Gasteiger partial charge in [0, 0.05) is 11.4 Å². The van der Waals surface area contributed by atoms with Gasteiger partial charge in [0.1, 0.15) is 0 Å². The number of aryl methyl sites for hydroxylation is 2. The molecule has 192 valence electrons. The van der Waals surface area contributed by atoms with Crippen molar-refractivity contribution in [1.82, 2.24) is 5.43 Å². The van der Waals surface area contributed by atoms with Crippen LogP contribution in [0.15, 0.2) is 71.8 Å². The predicted octanol–water partition coefficient (Wildman–Crippen LogP) is 3.93. The van der Waals surface area contributed by atoms with E-state index in [1.165, 1.54) is 13.3 Å². The number of hydrogen-bond donors (Lipinski definition) is 3. The number of anilines is 2. The molecule has 0 bridgehead atoms. The second kappa shape index (κ2) is 13.4. The Kier molecular flexibility index (Phi) is 9.78. The first kappa shape index (κ1) is 26.9. The Morgan fingerprint density at radius 1 is 0.865 bits per heavy atom. The van der Waals surface area contributed by atoms with E-state index in [2.05, 4.69) is 21.2 Å². The van der Waals surface area contributed by atoms with Crippen molar-refractivity contribution in [2.75, 3.05) is 24.4 Å². The molecule has 0 aliphatic rings. The van der Waals surface area contributed by atoms with E-state index in [0.29, 0.717) is 22.7 Å². The quantitative estimate of drug-likeness (QED) is 0.221. The molecule has 0 heterocycles. The van der Waals surface area contributed by atoms with Gasteiger partial charge in [-0.2, -0.15) is 5.10 Å². The van der Waals surface area contributed by atoms with E-state index in [0.717, 1.165) is 29.7 Å². The first-order valence-electron chi connectivity index (χ1n) is 11.8. The maximum absolute atomic E-state index is 12.4. The Labute approximate surface area is 215 Å². The number of hydrogen-bond acceptors (Lipinski definition) is 6. The van der Waals surface area contributed by atoms with Crippen molar-refractivity contribution in [3.8, 4) is 11.5 Å². The van der Waals surface area contributed by atoms with E-state index in [1.54, 1.807) is 30.3 Å². The van der Waals surface area contributed by atoms with Gasteiger partial charge in [-0.25, -0.2) is 5.43 Å². The van der Waals surface area contributed by atoms with Crippen molar-refractivity contribution in [3.05, 3.63) is 83.4 Å². The Bertz CT molecular complexity index is 1270. The second-order valence-electron chi connectivity index (χ2n) is 7.96. The van der Waals surface area contributed by atoms with Crippen LogP contribution >= 0.6 is 0 Å². The third-order valence-corrected chi connectivity index (χ3v) is 5.42. The zero-order valence-corrected chi connectivity index (χ0v) is 21.0. The molecular formula is C28H30N4O5. The fraction of sp³-hybridized carbons (Fsp3) is 0.214. The first-order chi connectivity index (χ1) is 17.9. The number of amides is 3. The summed E-state index contributed by atoms with van der Waals surface area (Å²) < 4.78 is 11.0. The lowest BCUT2D eigenvalue weighted by Gasteiger charge is -2.13. The molecule has 3 aromatic carbocycles. The summed E-state index contributed by atoms with van der Waals surface area (Å²) in [6.07, 6.45) is 3.04. The van der Waals surface area contributed by atoms with E-state index in [9.17, 15) is 14.4 Å². The Morgan fingerprint density at radius 2 is 1.62 bits per heavy atom. The van der Waals surface area contributed by atoms with E-state index in [1.807, 2.05) is 50.2 Å². The van der Waals surface area contributed by atoms with Crippen LogP contribution in [0.25, 0.3) is 0 Å². The maximum atomic E-state index is 12.4. The molecule has 0 saturated carbocycles. The highest BCUT2D eigenvalue weighted by molar-refractivity contribution is 6.39. The average molecular weight is 503 g/mol. The number of rotatable bonds is 10. The lowest BCUT2D eigenvalue weighted by molar-refractivity contribution is -0.136. The molecule has 3 N–H and O–H groups in total. The third kappa shape index (κ3) is 7.93. The van der Waals surface area contributed by atoms with Gasteiger partial charge in [-0.1, -0.05) is 44.2 Å². The molecule has 3 amide bonds. The highest BCUT2D eigenvalue weighted by atomic mass is 16.5. The van der Waals surface area contributed by atoms with Crippen molar-refractivity contribution in [3.63, 3.8) is 0 Å². The third-order valence-electron chi connectivity index (χ3n) is 5.42. The molecule has 0 aliphatic heterocycles. The van der Waals surface area contributed by atoms with Crippen LogP contribution in [0, 0.1) is 0 Å². The molecule has 0 aromatic heterocycles. The lowest BCUT2D eigenvalue weighted by atomic mass is 10.1. The number of nitrogens with one attached hydrogen (secondary N) is 3. The minimum absolute atomic E-state index is 0.200. The minimum atomic E-state index is -0.904. The first-order valence-corrected chi connectivity index (χ1v) is 11.8. The number of carbonyl (C=O) groups excluding carboxylic acids is 3. The van der Waals surface area contributed by atoms with Crippen LogP contribution in [-0.4, -0.2) is 37.7 Å². The predicted molar refractivity (Wildman–Crippen MR) is 143 cm³/mol. The molecule has 3 rings (SSSR count). The van der Waals surface area contributed by atoms with Gasteiger partial charge in [-0.15, -0.1) is 0 Å². The zero-order chi connectivity index (χ0) is 26.6. The summed E-state index contributed by atoms with van der Waals surface area (Å²) in [4.78, 5) is 36.5. The molecule has 0 unspecified atom stereocenters. The van der Waals surface area contributed by atoms with Crippen molar-refractivity contribution in [2.45, 2.75) is 26.7 Å². The van der Waals surface area contributed by atoms with E-state index < -0.39 is 11.8 Å². The molecule has 3 aromatic rings. The number of methoxy groups -OCH3 is 1. The highest BCUT2D eigenvalue weighted by Gasteiger charge is 2.13. The summed E-state index contributed by atoms with van der Waals surface area (Å²) in [5, 5.41) is 9.20. The standard InChI is InChI=1S/C28H30N4O5/c1-4-19-10-13-22(14-11-19)30-27(34)28(35)32-29-17-20-12-15-24(25(16-20)36-3)37-18-26(33)31-23-9-7-6-8-21(23)5-2/h6-17H,4-5,18H2,1-3H3,(H,30,34)(H,31,33)(H,32,35)/b29-17-. The van der Waals surface area contributed by atoms with Gasteiger partial charge in [0.05, 0.1) is 13.3 Å². The van der Waals surface area contributed by atoms with Crippen LogP contribution in [0.4, 0.5) is 11.4 Å². The number of hydrazone groups is 1. The van der Waals surface area contributed by atoms with Crippen LogP contribution in [0.2, 0.25) is 0 Å². The number of para-hydroxylation sites is 1. The summed E-state index contributed by atoms with van der Waals surface area (Å²) >= 11 is 0. The normalized spacial score (nSPS) is 10.6. The van der Waals surface area contributed by atoms with Gasteiger partial charge in [0.15, 0.2) is 18.1 Å². The average Bonchev–Trinajstić information content (AvgIpc) is 2.92. The number of ether oxygens (including phenoxy) is 2. The fourth-order valence-electron chi connectivity index (χ4n) is 3.39. The smallest absolute Gasteiger partial charge is 0.329 e. The van der Waals surface area contributed by atoms with Gasteiger partial charge >= 0.3 is 11.8 Å². The lowest BCUT2D eigenvalue weighted by Crippen LogP contribution is -2.32. The molecule has 0 spiro atoms. The van der Waals surface area contributed by atoms with Crippen molar-refractivity contribution in [2.24, 2.45) is 5.10 Å². The Balaban J connectivity index is 1.52. The fourth-order valence-corrected chi connectivity index (χ4v) is 3.39. The molecule has 0 fully saturated rings. The zero-order valence-electron chi connectivity index (χ0n) is 21.0. The van der Waals surface area contributed by atoms with Gasteiger partial charge in [-0.3, -0.25) is 14.4 Å². The molecule has 9 nitrogen and oxygen atoms in total. The van der Waals surface area contributed by atoms with Crippen LogP contribution in [0.3, 0.4) is 0 Å². The molecule has 0 aliphatic carbocycles. The van der Waals surface area contributed by atoms with E-state index in [-0.39, 0.29) is 12.5 Å². The summed E-state index contributed by atoms with van der Waals surface area (Å²) in [7, 11) is 1.47. The number of benzene rings is 3. The molecule has 0 radical (unpaired) electrons. The summed E-state index contributed by atoms with van der Waals surface area (Å²) in [5.41, 5.74) is 6.21. The van der Waals surface area contributed by atoms with Crippen molar-refractivity contribution < 1.29 is 23.9 Å². The van der Waals surface area contributed by atoms with Crippen LogP contribution in [0.1, 0.15) is 30.5 Å². The Morgan fingerprint density at radius 3 is 2.32 bits per heavy atom. The Hall–Kier alpha value is -4.66. The van der Waals surface area contributed by atoms with Gasteiger partial charge in [0.25, 0.3) is 5.91 Å². The summed E-state index contributed by atoms with van der Waals surface area (Å²) in [6, 6.07) is 19.7. The number of carbonyl (C=O) groups is 3. The second-order valence-corrected chi connectivity index (χ2v) is 7.96. The maximum Gasteiger partial charge on any atom is 0.329 e. The van der Waals surface area contributed by atoms with Crippen LogP contribution in [-0.2, 0) is 27.2 Å². The highest BCUT2D eigenvalue weighted by Crippen LogP contribution is 2.27. The van der Waals surface area contributed by atoms with Gasteiger partial charge < -0.3 is 20.1 Å². The monoisotopic (exact) mass is 502 g/mol. The topological polar surface area (TPSA) is 118 Å². The van der Waals surface area contributed by atoms with Crippen molar-refractivity contribution in [1.29, 1.82) is 0 Å². The van der Waals surface area contributed by atoms with Crippen molar-refractivity contribution >= 4 is 35.3 Å². The number of nitrogens with zero attached hydrogens (tertiary/aromatic N) is 1. The molecule has 9 heteroatoms. The summed E-state index contributed by atoms with van der Waals surface area (Å²) in [5.74, 6) is -1.28. The van der Waals surface area contributed by atoms with Gasteiger partial charge in [-0.05, 0) is 65.9 Å².